The average molecular weight is 281 g/mol. The number of rotatable bonds is 4. The molecule has 1 aliphatic carbocycles. The van der Waals surface area contributed by atoms with Gasteiger partial charge >= 0.3 is 0 Å². The van der Waals surface area contributed by atoms with Crippen LogP contribution in [0.5, 0.6) is 0 Å². The van der Waals surface area contributed by atoms with E-state index in [2.05, 4.69) is 19.2 Å². The van der Waals surface area contributed by atoms with E-state index in [4.69, 9.17) is 0 Å². The first-order valence-electron chi connectivity index (χ1n) is 6.99. The van der Waals surface area contributed by atoms with E-state index in [-0.39, 0.29) is 0 Å². The maximum absolute atomic E-state index is 11.8. The number of hydrogen-bond donors (Lipinski definition) is 1. The molecule has 0 heterocycles. The lowest BCUT2D eigenvalue weighted by molar-refractivity contribution is 0.391. The zero-order valence-electron chi connectivity index (χ0n) is 11.9. The number of benzene rings is 1. The Kier molecular flexibility index (Phi) is 4.19. The minimum Gasteiger partial charge on any atom is -0.381 e. The molecule has 0 radical (unpaired) electrons. The van der Waals surface area contributed by atoms with E-state index < -0.39 is 9.84 Å². The summed E-state index contributed by atoms with van der Waals surface area (Å²) >= 11 is 0. The summed E-state index contributed by atoms with van der Waals surface area (Å²) in [6.07, 6.45) is 4.82. The summed E-state index contributed by atoms with van der Waals surface area (Å²) in [7, 11) is -3.17. The van der Waals surface area contributed by atoms with Crippen LogP contribution in [-0.2, 0) is 9.84 Å². The Morgan fingerprint density at radius 2 is 1.95 bits per heavy atom. The largest absolute Gasteiger partial charge is 0.381 e. The van der Waals surface area contributed by atoms with E-state index in [1.165, 1.54) is 19.1 Å². The monoisotopic (exact) mass is 281 g/mol. The standard InChI is InChI=1S/C15H23NO2S/c1-4-12-9-10-13(11(12)2)16-14-7-5-6-8-15(14)19(3,17)18/h5-8,11-13,16H,4,9-10H2,1-3H3. The van der Waals surface area contributed by atoms with Crippen LogP contribution in [0.3, 0.4) is 0 Å². The fraction of sp³-hybridized carbons (Fsp3) is 0.600. The molecule has 0 aliphatic heterocycles. The van der Waals surface area contributed by atoms with Gasteiger partial charge in [-0.1, -0.05) is 32.4 Å². The van der Waals surface area contributed by atoms with Crippen molar-refractivity contribution in [3.63, 3.8) is 0 Å². The van der Waals surface area contributed by atoms with Crippen LogP contribution < -0.4 is 5.32 Å². The second-order valence-corrected chi connectivity index (χ2v) is 7.61. The Bertz CT molecular complexity index is 539. The predicted molar refractivity (Wildman–Crippen MR) is 79.1 cm³/mol. The number of hydrogen-bond acceptors (Lipinski definition) is 3. The zero-order valence-corrected chi connectivity index (χ0v) is 12.7. The topological polar surface area (TPSA) is 46.2 Å². The third-order valence-corrected chi connectivity index (χ3v) is 5.53. The van der Waals surface area contributed by atoms with E-state index in [0.29, 0.717) is 16.9 Å². The van der Waals surface area contributed by atoms with Crippen LogP contribution in [0.25, 0.3) is 0 Å². The number of nitrogens with one attached hydrogen (secondary N) is 1. The fourth-order valence-electron chi connectivity index (χ4n) is 3.14. The quantitative estimate of drug-likeness (QED) is 0.921. The molecule has 0 aromatic heterocycles. The van der Waals surface area contributed by atoms with Gasteiger partial charge in [0.2, 0.25) is 0 Å². The van der Waals surface area contributed by atoms with Crippen LogP contribution in [0.15, 0.2) is 29.2 Å². The molecule has 3 nitrogen and oxygen atoms in total. The SMILES string of the molecule is CCC1CCC(Nc2ccccc2S(C)(=O)=O)C1C. The lowest BCUT2D eigenvalue weighted by atomic mass is 9.93. The second kappa shape index (κ2) is 5.53. The highest BCUT2D eigenvalue weighted by Gasteiger charge is 2.32. The van der Waals surface area contributed by atoms with Gasteiger partial charge < -0.3 is 5.32 Å². The summed E-state index contributed by atoms with van der Waals surface area (Å²) in [6.45, 7) is 4.50. The Hall–Kier alpha value is -1.03. The minimum absolute atomic E-state index is 0.382. The van der Waals surface area contributed by atoms with Crippen molar-refractivity contribution in [2.75, 3.05) is 11.6 Å². The number of sulfone groups is 1. The molecule has 1 N–H and O–H groups in total. The Labute approximate surface area is 116 Å². The highest BCUT2D eigenvalue weighted by Crippen LogP contribution is 2.36. The van der Waals surface area contributed by atoms with Crippen LogP contribution in [0, 0.1) is 11.8 Å². The molecule has 106 valence electrons. The highest BCUT2D eigenvalue weighted by atomic mass is 32.2. The van der Waals surface area contributed by atoms with Crippen molar-refractivity contribution >= 4 is 15.5 Å². The summed E-state index contributed by atoms with van der Waals surface area (Å²) in [4.78, 5) is 0.405. The van der Waals surface area contributed by atoms with Gasteiger partial charge in [-0.3, -0.25) is 0 Å². The van der Waals surface area contributed by atoms with Crippen molar-refractivity contribution < 1.29 is 8.42 Å². The third-order valence-electron chi connectivity index (χ3n) is 4.38. The van der Waals surface area contributed by atoms with E-state index >= 15 is 0 Å². The molecule has 1 aromatic carbocycles. The minimum atomic E-state index is -3.17. The zero-order chi connectivity index (χ0) is 14.0. The number of para-hydroxylation sites is 1. The van der Waals surface area contributed by atoms with Crippen LogP contribution in [0.4, 0.5) is 5.69 Å². The molecule has 1 saturated carbocycles. The van der Waals surface area contributed by atoms with Gasteiger partial charge in [0, 0.05) is 12.3 Å². The summed E-state index contributed by atoms with van der Waals surface area (Å²) in [5.41, 5.74) is 0.749. The third kappa shape index (κ3) is 3.11. The van der Waals surface area contributed by atoms with Gasteiger partial charge in [0.25, 0.3) is 0 Å². The lowest BCUT2D eigenvalue weighted by Gasteiger charge is -2.23. The molecular formula is C15H23NO2S. The van der Waals surface area contributed by atoms with Crippen molar-refractivity contribution in [3.8, 4) is 0 Å². The molecule has 0 bridgehead atoms. The van der Waals surface area contributed by atoms with Crippen molar-refractivity contribution in [2.45, 2.75) is 44.0 Å². The summed E-state index contributed by atoms with van der Waals surface area (Å²) in [5.74, 6) is 1.35. The molecule has 0 saturated heterocycles. The normalized spacial score (nSPS) is 27.4. The lowest BCUT2D eigenvalue weighted by Crippen LogP contribution is -2.25. The van der Waals surface area contributed by atoms with Gasteiger partial charge in [-0.2, -0.15) is 0 Å². The molecule has 3 unspecified atom stereocenters. The highest BCUT2D eigenvalue weighted by molar-refractivity contribution is 7.90. The van der Waals surface area contributed by atoms with Crippen LogP contribution in [-0.4, -0.2) is 20.7 Å². The van der Waals surface area contributed by atoms with Crippen molar-refractivity contribution in [2.24, 2.45) is 11.8 Å². The summed E-state index contributed by atoms with van der Waals surface area (Å²) < 4.78 is 23.6. The fourth-order valence-corrected chi connectivity index (χ4v) is 3.99. The van der Waals surface area contributed by atoms with E-state index in [9.17, 15) is 8.42 Å². The van der Waals surface area contributed by atoms with Crippen molar-refractivity contribution in [3.05, 3.63) is 24.3 Å². The Balaban J connectivity index is 2.21. The van der Waals surface area contributed by atoms with Gasteiger partial charge in [-0.05, 0) is 36.8 Å². The molecule has 1 aliphatic rings. The maximum atomic E-state index is 11.8. The molecule has 0 amide bonds. The first kappa shape index (κ1) is 14.4. The van der Waals surface area contributed by atoms with Crippen molar-refractivity contribution in [1.82, 2.24) is 0 Å². The Morgan fingerprint density at radius 3 is 2.53 bits per heavy atom. The smallest absolute Gasteiger partial charge is 0.177 e. The molecule has 0 spiro atoms. The number of anilines is 1. The van der Waals surface area contributed by atoms with Crippen molar-refractivity contribution in [1.29, 1.82) is 0 Å². The van der Waals surface area contributed by atoms with E-state index in [1.807, 2.05) is 12.1 Å². The van der Waals surface area contributed by atoms with Crippen LogP contribution in [0.2, 0.25) is 0 Å². The first-order chi connectivity index (χ1) is 8.93. The molecule has 2 rings (SSSR count). The average Bonchev–Trinajstić information content (AvgIpc) is 2.70. The summed E-state index contributed by atoms with van der Waals surface area (Å²) in [5, 5.41) is 3.45. The molecule has 19 heavy (non-hydrogen) atoms. The Morgan fingerprint density at radius 1 is 1.26 bits per heavy atom. The molecule has 4 heteroatoms. The molecule has 1 fully saturated rings. The van der Waals surface area contributed by atoms with Gasteiger partial charge in [0.15, 0.2) is 9.84 Å². The van der Waals surface area contributed by atoms with Crippen LogP contribution in [0.1, 0.15) is 33.1 Å². The van der Waals surface area contributed by atoms with Gasteiger partial charge in [0.1, 0.15) is 0 Å². The molecule has 3 atom stereocenters. The molecule has 1 aromatic rings. The van der Waals surface area contributed by atoms with Gasteiger partial charge in [-0.25, -0.2) is 8.42 Å². The van der Waals surface area contributed by atoms with E-state index in [0.717, 1.165) is 18.0 Å². The predicted octanol–water partition coefficient (Wildman–Crippen LogP) is 3.33. The maximum Gasteiger partial charge on any atom is 0.177 e. The first-order valence-corrected chi connectivity index (χ1v) is 8.88. The van der Waals surface area contributed by atoms with Gasteiger partial charge in [-0.15, -0.1) is 0 Å². The summed E-state index contributed by atoms with van der Waals surface area (Å²) in [6, 6.07) is 7.58. The van der Waals surface area contributed by atoms with E-state index in [1.54, 1.807) is 12.1 Å². The second-order valence-electron chi connectivity index (χ2n) is 5.62. The van der Waals surface area contributed by atoms with Crippen LogP contribution >= 0.6 is 0 Å². The van der Waals surface area contributed by atoms with Gasteiger partial charge in [0.05, 0.1) is 10.6 Å². The molecular weight excluding hydrogens is 258 g/mol.